The molecule has 19 heavy (non-hydrogen) atoms. The van der Waals surface area contributed by atoms with E-state index in [0.717, 1.165) is 28.8 Å². The Morgan fingerprint density at radius 1 is 1.37 bits per heavy atom. The summed E-state index contributed by atoms with van der Waals surface area (Å²) < 4.78 is 0. The van der Waals surface area contributed by atoms with E-state index in [9.17, 15) is 9.59 Å². The average molecular weight is 260 g/mol. The van der Waals surface area contributed by atoms with Gasteiger partial charge in [-0.15, -0.1) is 0 Å². The smallest absolute Gasteiger partial charge is 0.254 e. The van der Waals surface area contributed by atoms with Crippen LogP contribution in [0.4, 0.5) is 5.69 Å². The molecule has 0 unspecified atom stereocenters. The van der Waals surface area contributed by atoms with Gasteiger partial charge in [-0.25, -0.2) is 0 Å². The van der Waals surface area contributed by atoms with Gasteiger partial charge in [-0.3, -0.25) is 9.59 Å². The first kappa shape index (κ1) is 13.6. The second-order valence-electron chi connectivity index (χ2n) is 5.14. The monoisotopic (exact) mass is 260 g/mol. The zero-order valence-electron chi connectivity index (χ0n) is 11.9. The van der Waals surface area contributed by atoms with Crippen LogP contribution >= 0.6 is 0 Å². The number of nitrogens with one attached hydrogen (secondary N) is 1. The van der Waals surface area contributed by atoms with E-state index >= 15 is 0 Å². The number of benzene rings is 1. The number of rotatable bonds is 3. The van der Waals surface area contributed by atoms with Crippen molar-refractivity contribution in [3.8, 4) is 0 Å². The summed E-state index contributed by atoms with van der Waals surface area (Å²) in [6, 6.07) is 3.54. The number of anilines is 1. The van der Waals surface area contributed by atoms with Crippen LogP contribution in [0.15, 0.2) is 12.1 Å². The molecule has 0 aliphatic carbocycles. The van der Waals surface area contributed by atoms with Crippen molar-refractivity contribution < 1.29 is 9.59 Å². The van der Waals surface area contributed by atoms with Gasteiger partial charge in [-0.1, -0.05) is 24.6 Å². The zero-order valence-corrected chi connectivity index (χ0v) is 11.9. The standard InChI is InChI=1S/C15H20N2O2/c1-5-6-17-14-10(3)7-9(2)8-12(14)13(15(17)19)16-11(4)18/h7-8,13H,5-6H2,1-4H3,(H,16,18)/t13-/m1/s1. The average Bonchev–Trinajstić information content (AvgIpc) is 2.55. The van der Waals surface area contributed by atoms with Crippen LogP contribution in [0.2, 0.25) is 0 Å². The fourth-order valence-corrected chi connectivity index (χ4v) is 2.77. The molecule has 2 amide bonds. The molecule has 4 heteroatoms. The highest BCUT2D eigenvalue weighted by atomic mass is 16.2. The summed E-state index contributed by atoms with van der Waals surface area (Å²) in [5, 5.41) is 2.76. The summed E-state index contributed by atoms with van der Waals surface area (Å²) in [6.07, 6.45) is 0.894. The van der Waals surface area contributed by atoms with E-state index in [1.165, 1.54) is 6.92 Å². The quantitative estimate of drug-likeness (QED) is 0.906. The SMILES string of the molecule is CCCN1C(=O)[C@H](NC(C)=O)c2cc(C)cc(C)c21. The topological polar surface area (TPSA) is 49.4 Å². The highest BCUT2D eigenvalue weighted by molar-refractivity contribution is 6.06. The predicted molar refractivity (Wildman–Crippen MR) is 75.1 cm³/mol. The minimum absolute atomic E-state index is 0.0271. The Labute approximate surface area is 113 Å². The Bertz CT molecular complexity index is 537. The number of amides is 2. The molecule has 1 N–H and O–H groups in total. The van der Waals surface area contributed by atoms with Crippen LogP contribution in [0, 0.1) is 13.8 Å². The van der Waals surface area contributed by atoms with Crippen LogP contribution < -0.4 is 10.2 Å². The van der Waals surface area contributed by atoms with Crippen LogP contribution in [0.5, 0.6) is 0 Å². The molecule has 0 aromatic heterocycles. The molecule has 1 atom stereocenters. The minimum Gasteiger partial charge on any atom is -0.341 e. The number of hydrogen-bond donors (Lipinski definition) is 1. The van der Waals surface area contributed by atoms with Crippen LogP contribution in [-0.2, 0) is 9.59 Å². The molecule has 4 nitrogen and oxygen atoms in total. The molecule has 0 saturated heterocycles. The first-order chi connectivity index (χ1) is 8.95. The van der Waals surface area contributed by atoms with Crippen LogP contribution in [-0.4, -0.2) is 18.4 Å². The van der Waals surface area contributed by atoms with Gasteiger partial charge >= 0.3 is 0 Å². The van der Waals surface area contributed by atoms with Crippen LogP contribution in [0.3, 0.4) is 0 Å². The van der Waals surface area contributed by atoms with E-state index in [4.69, 9.17) is 0 Å². The van der Waals surface area contributed by atoms with Crippen molar-refractivity contribution in [3.05, 3.63) is 28.8 Å². The molecular formula is C15H20N2O2. The van der Waals surface area contributed by atoms with E-state index in [-0.39, 0.29) is 11.8 Å². The number of fused-ring (bicyclic) bond motifs is 1. The van der Waals surface area contributed by atoms with Gasteiger partial charge in [0.2, 0.25) is 5.91 Å². The summed E-state index contributed by atoms with van der Waals surface area (Å²) >= 11 is 0. The lowest BCUT2D eigenvalue weighted by atomic mass is 10.0. The lowest BCUT2D eigenvalue weighted by molar-refractivity contribution is -0.126. The maximum absolute atomic E-state index is 12.5. The van der Waals surface area contributed by atoms with Crippen molar-refractivity contribution in [1.82, 2.24) is 5.32 Å². The second-order valence-corrected chi connectivity index (χ2v) is 5.14. The van der Waals surface area contributed by atoms with Crippen molar-refractivity contribution in [2.45, 2.75) is 40.2 Å². The predicted octanol–water partition coefficient (Wildman–Crippen LogP) is 2.24. The molecule has 1 aliphatic heterocycles. The third-order valence-electron chi connectivity index (χ3n) is 3.36. The first-order valence-corrected chi connectivity index (χ1v) is 6.65. The van der Waals surface area contributed by atoms with E-state index in [1.807, 2.05) is 26.8 Å². The number of hydrogen-bond acceptors (Lipinski definition) is 2. The number of nitrogens with zero attached hydrogens (tertiary/aromatic N) is 1. The summed E-state index contributed by atoms with van der Waals surface area (Å²) in [4.78, 5) is 25.6. The van der Waals surface area contributed by atoms with Gasteiger partial charge in [0.05, 0.1) is 5.69 Å². The number of carbonyl (C=O) groups is 2. The van der Waals surface area contributed by atoms with Crippen molar-refractivity contribution in [3.63, 3.8) is 0 Å². The molecule has 1 heterocycles. The van der Waals surface area contributed by atoms with Gasteiger partial charge in [0, 0.05) is 19.0 Å². The molecule has 0 bridgehead atoms. The number of carbonyl (C=O) groups excluding carboxylic acids is 2. The van der Waals surface area contributed by atoms with Gasteiger partial charge in [0.1, 0.15) is 6.04 Å². The maximum Gasteiger partial charge on any atom is 0.254 e. The molecule has 102 valence electrons. The van der Waals surface area contributed by atoms with Crippen LogP contribution in [0.1, 0.15) is 43.0 Å². The lowest BCUT2D eigenvalue weighted by Gasteiger charge is -2.18. The second kappa shape index (κ2) is 5.03. The van der Waals surface area contributed by atoms with Crippen molar-refractivity contribution in [1.29, 1.82) is 0 Å². The lowest BCUT2D eigenvalue weighted by Crippen LogP contribution is -2.37. The van der Waals surface area contributed by atoms with Crippen molar-refractivity contribution in [2.75, 3.05) is 11.4 Å². The fourth-order valence-electron chi connectivity index (χ4n) is 2.77. The Morgan fingerprint density at radius 2 is 2.05 bits per heavy atom. The minimum atomic E-state index is -0.530. The van der Waals surface area contributed by atoms with E-state index in [2.05, 4.69) is 11.4 Å². The Morgan fingerprint density at radius 3 is 2.63 bits per heavy atom. The molecule has 1 aromatic rings. The summed E-state index contributed by atoms with van der Waals surface area (Å²) in [6.45, 7) is 8.19. The maximum atomic E-state index is 12.5. The molecule has 0 radical (unpaired) electrons. The van der Waals surface area contributed by atoms with Crippen molar-refractivity contribution in [2.24, 2.45) is 0 Å². The molecule has 0 spiro atoms. The molecule has 1 aliphatic rings. The third-order valence-corrected chi connectivity index (χ3v) is 3.36. The summed E-state index contributed by atoms with van der Waals surface area (Å²) in [5.74, 6) is -0.206. The summed E-state index contributed by atoms with van der Waals surface area (Å²) in [5.41, 5.74) is 4.09. The van der Waals surface area contributed by atoms with Crippen LogP contribution in [0.25, 0.3) is 0 Å². The van der Waals surface area contributed by atoms with Gasteiger partial charge in [-0.2, -0.15) is 0 Å². The third kappa shape index (κ3) is 2.35. The highest BCUT2D eigenvalue weighted by Crippen LogP contribution is 2.39. The van der Waals surface area contributed by atoms with Gasteiger partial charge in [0.15, 0.2) is 0 Å². The number of aryl methyl sites for hydroxylation is 2. The molecule has 0 saturated carbocycles. The zero-order chi connectivity index (χ0) is 14.2. The van der Waals surface area contributed by atoms with E-state index in [1.54, 1.807) is 4.90 Å². The molecular weight excluding hydrogens is 240 g/mol. The summed E-state index contributed by atoms with van der Waals surface area (Å²) in [7, 11) is 0. The molecule has 2 rings (SSSR count). The van der Waals surface area contributed by atoms with Gasteiger partial charge < -0.3 is 10.2 Å². The Hall–Kier alpha value is -1.84. The van der Waals surface area contributed by atoms with Gasteiger partial charge in [-0.05, 0) is 25.8 Å². The van der Waals surface area contributed by atoms with Crippen molar-refractivity contribution >= 4 is 17.5 Å². The first-order valence-electron chi connectivity index (χ1n) is 6.65. The van der Waals surface area contributed by atoms with Gasteiger partial charge in [0.25, 0.3) is 5.91 Å². The Kier molecular flexibility index (Phi) is 3.60. The molecule has 1 aromatic carbocycles. The fraction of sp³-hybridized carbons (Fsp3) is 0.467. The largest absolute Gasteiger partial charge is 0.341 e. The van der Waals surface area contributed by atoms with E-state index in [0.29, 0.717) is 6.54 Å². The normalized spacial score (nSPS) is 17.6. The van der Waals surface area contributed by atoms with E-state index < -0.39 is 6.04 Å². The Balaban J connectivity index is 2.53. The highest BCUT2D eigenvalue weighted by Gasteiger charge is 2.38. The molecule has 0 fully saturated rings.